The van der Waals surface area contributed by atoms with Gasteiger partial charge in [0.05, 0.1) is 29.1 Å². The Labute approximate surface area is 154 Å². The summed E-state index contributed by atoms with van der Waals surface area (Å²) >= 11 is 0. The van der Waals surface area contributed by atoms with E-state index in [9.17, 15) is 0 Å². The van der Waals surface area contributed by atoms with Crippen LogP contribution < -0.4 is 0 Å². The lowest BCUT2D eigenvalue weighted by molar-refractivity contribution is 0.655. The van der Waals surface area contributed by atoms with Gasteiger partial charge < -0.3 is 4.57 Å². The van der Waals surface area contributed by atoms with Crippen molar-refractivity contribution in [2.24, 2.45) is 0 Å². The summed E-state index contributed by atoms with van der Waals surface area (Å²) in [5.74, 6) is 0. The minimum absolute atomic E-state index is 0.194. The molecule has 4 aromatic rings. The van der Waals surface area contributed by atoms with Gasteiger partial charge in [0.1, 0.15) is 0 Å². The lowest BCUT2D eigenvalue weighted by Gasteiger charge is -2.15. The van der Waals surface area contributed by atoms with Gasteiger partial charge >= 0.3 is 0 Å². The van der Waals surface area contributed by atoms with Crippen LogP contribution in [0, 0.1) is 0 Å². The molecular formula is C23H23N3. The van der Waals surface area contributed by atoms with Crippen molar-refractivity contribution in [3.8, 4) is 11.3 Å². The van der Waals surface area contributed by atoms with Crippen molar-refractivity contribution >= 4 is 11.0 Å². The highest BCUT2D eigenvalue weighted by atomic mass is 15.1. The highest BCUT2D eigenvalue weighted by Gasteiger charge is 2.11. The van der Waals surface area contributed by atoms with Crippen LogP contribution >= 0.6 is 0 Å². The first-order chi connectivity index (χ1) is 12.7. The molecule has 3 nitrogen and oxygen atoms in total. The van der Waals surface area contributed by atoms with Crippen molar-refractivity contribution in [3.63, 3.8) is 0 Å². The molecule has 0 aliphatic heterocycles. The van der Waals surface area contributed by atoms with E-state index in [4.69, 9.17) is 0 Å². The molecule has 0 N–H and O–H groups in total. The molecule has 0 spiro atoms. The van der Waals surface area contributed by atoms with Gasteiger partial charge in [-0.15, -0.1) is 6.58 Å². The number of hydrogen-bond acceptors (Lipinski definition) is 2. The fraction of sp³-hybridized carbons (Fsp3) is 0.130. The lowest BCUT2D eigenvalue weighted by Crippen LogP contribution is -2.05. The number of imidazole rings is 1. The zero-order chi connectivity index (χ0) is 18.4. The van der Waals surface area contributed by atoms with Crippen molar-refractivity contribution in [1.29, 1.82) is 0 Å². The average molecular weight is 341 g/mol. The number of benzene rings is 2. The summed E-state index contributed by atoms with van der Waals surface area (Å²) in [4.78, 5) is 9.10. The van der Waals surface area contributed by atoms with Gasteiger partial charge in [-0.2, -0.15) is 0 Å². The Kier molecular flexibility index (Phi) is 5.59. The first-order valence-electron chi connectivity index (χ1n) is 8.74. The number of pyridine rings is 1. The summed E-state index contributed by atoms with van der Waals surface area (Å²) in [6.07, 6.45) is 5.61. The Morgan fingerprint density at radius 1 is 0.923 bits per heavy atom. The van der Waals surface area contributed by atoms with Crippen LogP contribution in [0.2, 0.25) is 0 Å². The molecule has 3 heteroatoms. The molecule has 2 aromatic heterocycles. The van der Waals surface area contributed by atoms with Crippen LogP contribution in [0.15, 0.2) is 91.9 Å². The zero-order valence-electron chi connectivity index (χ0n) is 15.2. The Hall–Kier alpha value is -3.20. The SMILES string of the molecule is C=CC.CC(c1ccc(-c2ccccc2)nc1)n1cnc2ccccc21. The molecule has 0 amide bonds. The van der Waals surface area contributed by atoms with Crippen molar-refractivity contribution in [2.75, 3.05) is 0 Å². The third-order valence-corrected chi connectivity index (χ3v) is 4.24. The molecule has 0 bridgehead atoms. The molecule has 4 rings (SSSR count). The van der Waals surface area contributed by atoms with Crippen molar-refractivity contribution in [3.05, 3.63) is 97.5 Å². The molecule has 0 aliphatic rings. The van der Waals surface area contributed by atoms with Gasteiger partial charge in [0.2, 0.25) is 0 Å². The highest BCUT2D eigenvalue weighted by Crippen LogP contribution is 2.24. The van der Waals surface area contributed by atoms with E-state index in [1.807, 2.05) is 55.8 Å². The maximum atomic E-state index is 4.63. The minimum atomic E-state index is 0.194. The number of rotatable bonds is 3. The van der Waals surface area contributed by atoms with Crippen LogP contribution in [0.4, 0.5) is 0 Å². The Balaban J connectivity index is 0.000000613. The number of fused-ring (bicyclic) bond motifs is 1. The van der Waals surface area contributed by atoms with Gasteiger partial charge in [0.25, 0.3) is 0 Å². The second-order valence-corrected chi connectivity index (χ2v) is 6.07. The van der Waals surface area contributed by atoms with E-state index >= 15 is 0 Å². The van der Waals surface area contributed by atoms with Crippen LogP contribution in [-0.2, 0) is 0 Å². The van der Waals surface area contributed by atoms with Gasteiger partial charge in [-0.05, 0) is 37.6 Å². The normalized spacial score (nSPS) is 11.5. The number of nitrogens with zero attached hydrogens (tertiary/aromatic N) is 3. The smallest absolute Gasteiger partial charge is 0.0964 e. The van der Waals surface area contributed by atoms with Crippen LogP contribution in [0.3, 0.4) is 0 Å². The van der Waals surface area contributed by atoms with Crippen LogP contribution in [0.25, 0.3) is 22.3 Å². The van der Waals surface area contributed by atoms with E-state index in [1.54, 1.807) is 6.08 Å². The molecule has 2 aromatic carbocycles. The largest absolute Gasteiger partial charge is 0.323 e. The van der Waals surface area contributed by atoms with Gasteiger partial charge in [0, 0.05) is 11.8 Å². The van der Waals surface area contributed by atoms with Crippen molar-refractivity contribution in [2.45, 2.75) is 19.9 Å². The third kappa shape index (κ3) is 3.72. The molecule has 0 saturated heterocycles. The summed E-state index contributed by atoms with van der Waals surface area (Å²) in [5, 5.41) is 0. The van der Waals surface area contributed by atoms with E-state index in [1.165, 1.54) is 5.56 Å². The van der Waals surface area contributed by atoms with Gasteiger partial charge in [-0.1, -0.05) is 54.6 Å². The van der Waals surface area contributed by atoms with Gasteiger partial charge in [-0.3, -0.25) is 4.98 Å². The Bertz CT molecular complexity index is 969. The molecule has 2 heterocycles. The number of hydrogen-bond donors (Lipinski definition) is 0. The fourth-order valence-electron chi connectivity index (χ4n) is 2.88. The Morgan fingerprint density at radius 3 is 2.31 bits per heavy atom. The average Bonchev–Trinajstić information content (AvgIpc) is 3.13. The molecule has 0 aliphatic carbocycles. The molecular weight excluding hydrogens is 318 g/mol. The summed E-state index contributed by atoms with van der Waals surface area (Å²) < 4.78 is 2.19. The molecule has 0 fully saturated rings. The topological polar surface area (TPSA) is 30.7 Å². The highest BCUT2D eigenvalue weighted by molar-refractivity contribution is 5.75. The van der Waals surface area contributed by atoms with Gasteiger partial charge in [-0.25, -0.2) is 4.98 Å². The molecule has 130 valence electrons. The van der Waals surface area contributed by atoms with Crippen LogP contribution in [0.1, 0.15) is 25.5 Å². The number of allylic oxidation sites excluding steroid dienone is 1. The maximum Gasteiger partial charge on any atom is 0.0964 e. The quantitative estimate of drug-likeness (QED) is 0.434. The van der Waals surface area contributed by atoms with E-state index in [0.717, 1.165) is 22.3 Å². The predicted octanol–water partition coefficient (Wildman–Crippen LogP) is 5.90. The van der Waals surface area contributed by atoms with E-state index in [0.29, 0.717) is 0 Å². The second-order valence-electron chi connectivity index (χ2n) is 6.07. The summed E-state index contributed by atoms with van der Waals surface area (Å²) in [7, 11) is 0. The van der Waals surface area contributed by atoms with Crippen LogP contribution in [0.5, 0.6) is 0 Å². The monoisotopic (exact) mass is 341 g/mol. The molecule has 0 radical (unpaired) electrons. The zero-order valence-corrected chi connectivity index (χ0v) is 15.2. The summed E-state index contributed by atoms with van der Waals surface area (Å²) in [5.41, 5.74) is 5.48. The predicted molar refractivity (Wildman–Crippen MR) is 109 cm³/mol. The molecule has 26 heavy (non-hydrogen) atoms. The minimum Gasteiger partial charge on any atom is -0.323 e. The lowest BCUT2D eigenvalue weighted by atomic mass is 10.1. The van der Waals surface area contributed by atoms with E-state index < -0.39 is 0 Å². The number of aromatic nitrogens is 3. The molecule has 1 unspecified atom stereocenters. The molecule has 0 saturated carbocycles. The number of para-hydroxylation sites is 2. The van der Waals surface area contributed by atoms with E-state index in [2.05, 4.69) is 58.4 Å². The second kappa shape index (κ2) is 8.26. The maximum absolute atomic E-state index is 4.63. The van der Waals surface area contributed by atoms with E-state index in [-0.39, 0.29) is 6.04 Å². The Morgan fingerprint density at radius 2 is 1.62 bits per heavy atom. The first-order valence-corrected chi connectivity index (χ1v) is 8.74. The third-order valence-electron chi connectivity index (χ3n) is 4.24. The van der Waals surface area contributed by atoms with Crippen LogP contribution in [-0.4, -0.2) is 14.5 Å². The van der Waals surface area contributed by atoms with Crippen molar-refractivity contribution in [1.82, 2.24) is 14.5 Å². The van der Waals surface area contributed by atoms with Gasteiger partial charge in [0.15, 0.2) is 0 Å². The summed E-state index contributed by atoms with van der Waals surface area (Å²) in [6.45, 7) is 7.42. The van der Waals surface area contributed by atoms with Crippen molar-refractivity contribution < 1.29 is 0 Å². The first kappa shape index (κ1) is 17.6. The molecule has 1 atom stereocenters. The standard InChI is InChI=1S/C20H17N3.C3H6/c1-15(23-14-22-19-9-5-6-10-20(19)23)17-11-12-18(21-13-17)16-7-3-2-4-8-16;1-3-2/h2-15H,1H3;3H,1H2,2H3. The summed E-state index contributed by atoms with van der Waals surface area (Å²) in [6, 6.07) is 22.9. The fourth-order valence-corrected chi connectivity index (χ4v) is 2.88.